The van der Waals surface area contributed by atoms with Gasteiger partial charge in [-0.25, -0.2) is 14.4 Å². The lowest BCUT2D eigenvalue weighted by molar-refractivity contribution is -0.115. The van der Waals surface area contributed by atoms with Gasteiger partial charge in [-0.15, -0.1) is 11.3 Å². The maximum Gasteiger partial charge on any atom is 0.237 e. The fraction of sp³-hybridized carbons (Fsp3) is 0.0588. The Morgan fingerprint density at radius 2 is 2.27 bits per heavy atom. The first kappa shape index (κ1) is 18.0. The molecule has 1 amide bonds. The molecule has 130 valence electrons. The molecule has 0 atom stereocenters. The first-order valence-electron chi connectivity index (χ1n) is 7.27. The molecule has 0 saturated carbocycles. The zero-order valence-electron chi connectivity index (χ0n) is 13.1. The lowest BCUT2D eigenvalue weighted by Crippen LogP contribution is -2.14. The highest BCUT2D eigenvalue weighted by Gasteiger charge is 2.12. The lowest BCUT2D eigenvalue weighted by Gasteiger charge is -2.08. The molecule has 26 heavy (non-hydrogen) atoms. The van der Waals surface area contributed by atoms with Crippen LogP contribution in [0.1, 0.15) is 11.1 Å². The number of amides is 1. The molecule has 0 bridgehead atoms. The normalized spacial score (nSPS) is 10.2. The van der Waals surface area contributed by atoms with Crippen LogP contribution in [-0.4, -0.2) is 15.9 Å². The molecule has 2 heterocycles. The van der Waals surface area contributed by atoms with E-state index in [-0.39, 0.29) is 29.5 Å². The Bertz CT molecular complexity index is 1000. The Morgan fingerprint density at radius 3 is 2.96 bits per heavy atom. The van der Waals surface area contributed by atoms with Crippen molar-refractivity contribution in [1.82, 2.24) is 9.97 Å². The van der Waals surface area contributed by atoms with Gasteiger partial charge in [-0.1, -0.05) is 6.07 Å². The average Bonchev–Trinajstić information content (AvgIpc) is 3.02. The highest BCUT2D eigenvalue weighted by molar-refractivity contribution is 9.10. The zero-order chi connectivity index (χ0) is 18.5. The quantitative estimate of drug-likeness (QED) is 0.649. The van der Waals surface area contributed by atoms with E-state index in [0.29, 0.717) is 15.3 Å². The lowest BCUT2D eigenvalue weighted by atomic mass is 10.1. The molecule has 3 aromatic rings. The van der Waals surface area contributed by atoms with Gasteiger partial charge in [-0.2, -0.15) is 5.26 Å². The molecule has 0 radical (unpaired) electrons. The van der Waals surface area contributed by atoms with Crippen molar-refractivity contribution in [2.24, 2.45) is 0 Å². The predicted molar refractivity (Wildman–Crippen MR) is 97.6 cm³/mol. The molecule has 0 fully saturated rings. The first-order chi connectivity index (χ1) is 12.5. The number of carbonyl (C=O) groups excluding carboxylic acids is 1. The molecular weight excluding hydrogens is 423 g/mol. The molecule has 6 nitrogen and oxygen atoms in total. The summed E-state index contributed by atoms with van der Waals surface area (Å²) < 4.78 is 20.3. The number of carbonyl (C=O) groups is 1. The van der Waals surface area contributed by atoms with Gasteiger partial charge < -0.3 is 10.1 Å². The molecular formula is C17H10BrFN4O2S. The number of hydrogen-bond acceptors (Lipinski definition) is 6. The second kappa shape index (κ2) is 8.03. The minimum Gasteiger partial charge on any atom is -0.435 e. The Labute approximate surface area is 160 Å². The molecule has 1 aromatic carbocycles. The smallest absolute Gasteiger partial charge is 0.237 e. The van der Waals surface area contributed by atoms with Crippen LogP contribution < -0.4 is 10.1 Å². The number of benzene rings is 1. The van der Waals surface area contributed by atoms with Crippen LogP contribution in [0.3, 0.4) is 0 Å². The number of aromatic nitrogens is 2. The van der Waals surface area contributed by atoms with Crippen LogP contribution in [0.4, 0.5) is 9.52 Å². The van der Waals surface area contributed by atoms with Crippen molar-refractivity contribution in [3.63, 3.8) is 0 Å². The maximum atomic E-state index is 14.3. The maximum absolute atomic E-state index is 14.3. The van der Waals surface area contributed by atoms with Gasteiger partial charge in [-0.3, -0.25) is 4.79 Å². The minimum atomic E-state index is -0.651. The van der Waals surface area contributed by atoms with Gasteiger partial charge >= 0.3 is 0 Å². The van der Waals surface area contributed by atoms with Crippen molar-refractivity contribution in [3.05, 3.63) is 63.5 Å². The zero-order valence-corrected chi connectivity index (χ0v) is 15.5. The van der Waals surface area contributed by atoms with Crippen molar-refractivity contribution in [1.29, 1.82) is 5.26 Å². The average molecular weight is 433 g/mol. The Kier molecular flexibility index (Phi) is 5.55. The highest BCUT2D eigenvalue weighted by Crippen LogP contribution is 2.26. The van der Waals surface area contributed by atoms with Crippen LogP contribution in [0.5, 0.6) is 11.6 Å². The van der Waals surface area contributed by atoms with Crippen molar-refractivity contribution in [2.75, 3.05) is 5.32 Å². The largest absolute Gasteiger partial charge is 0.435 e. The van der Waals surface area contributed by atoms with E-state index >= 15 is 0 Å². The van der Waals surface area contributed by atoms with Crippen LogP contribution in [0.15, 0.2) is 46.5 Å². The van der Waals surface area contributed by atoms with Gasteiger partial charge in [0, 0.05) is 11.6 Å². The van der Waals surface area contributed by atoms with Crippen LogP contribution in [0.2, 0.25) is 0 Å². The third kappa shape index (κ3) is 4.41. The van der Waals surface area contributed by atoms with Crippen molar-refractivity contribution < 1.29 is 13.9 Å². The molecule has 1 N–H and O–H groups in total. The molecule has 0 saturated heterocycles. The summed E-state index contributed by atoms with van der Waals surface area (Å²) in [6, 6.07) is 9.22. The van der Waals surface area contributed by atoms with E-state index in [2.05, 4.69) is 31.2 Å². The summed E-state index contributed by atoms with van der Waals surface area (Å²) in [6.07, 6.45) is 1.44. The Morgan fingerprint density at radius 1 is 1.42 bits per heavy atom. The van der Waals surface area contributed by atoms with E-state index in [1.54, 1.807) is 17.5 Å². The Hall–Kier alpha value is -2.83. The van der Waals surface area contributed by atoms with Gasteiger partial charge in [0.2, 0.25) is 11.8 Å². The fourth-order valence-electron chi connectivity index (χ4n) is 2.06. The summed E-state index contributed by atoms with van der Waals surface area (Å²) in [5, 5.41) is 13.9. The molecule has 9 heteroatoms. The van der Waals surface area contributed by atoms with E-state index in [1.165, 1.54) is 35.7 Å². The standard InChI is InChI=1S/C17H10BrFN4O2S/c18-14-9-26-17(22-14)23-15(24)7-10-3-4-13(12(19)6-10)25-16-11(8-20)2-1-5-21-16/h1-6,9H,7H2,(H,22,23,24). The molecule has 0 spiro atoms. The number of nitrogens with one attached hydrogen (secondary N) is 1. The number of thiazole rings is 1. The second-order valence-corrected chi connectivity index (χ2v) is 6.71. The number of hydrogen-bond donors (Lipinski definition) is 1. The summed E-state index contributed by atoms with van der Waals surface area (Å²) in [5.41, 5.74) is 0.675. The van der Waals surface area contributed by atoms with E-state index < -0.39 is 5.82 Å². The second-order valence-electron chi connectivity index (χ2n) is 5.04. The van der Waals surface area contributed by atoms with Crippen LogP contribution in [0, 0.1) is 17.1 Å². The number of nitrogens with zero attached hydrogens (tertiary/aromatic N) is 3. The summed E-state index contributed by atoms with van der Waals surface area (Å²) in [6.45, 7) is 0. The fourth-order valence-corrected chi connectivity index (χ4v) is 3.22. The van der Waals surface area contributed by atoms with Crippen LogP contribution >= 0.6 is 27.3 Å². The summed E-state index contributed by atoms with van der Waals surface area (Å²) in [5.74, 6) is -1.01. The van der Waals surface area contributed by atoms with Gasteiger partial charge in [0.05, 0.1) is 6.42 Å². The van der Waals surface area contributed by atoms with Crippen molar-refractivity contribution >= 4 is 38.3 Å². The minimum absolute atomic E-state index is 0.0125. The number of pyridine rings is 1. The highest BCUT2D eigenvalue weighted by atomic mass is 79.9. The van der Waals surface area contributed by atoms with Gasteiger partial charge in [0.1, 0.15) is 16.2 Å². The van der Waals surface area contributed by atoms with Gasteiger partial charge in [0.15, 0.2) is 16.7 Å². The van der Waals surface area contributed by atoms with Crippen molar-refractivity contribution in [2.45, 2.75) is 6.42 Å². The third-order valence-corrected chi connectivity index (χ3v) is 4.65. The molecule has 2 aromatic heterocycles. The van der Waals surface area contributed by atoms with Gasteiger partial charge in [0.25, 0.3) is 0 Å². The summed E-state index contributed by atoms with van der Waals surface area (Å²) in [7, 11) is 0. The van der Waals surface area contributed by atoms with Crippen LogP contribution in [0.25, 0.3) is 0 Å². The molecule has 0 aliphatic heterocycles. The van der Waals surface area contributed by atoms with E-state index in [9.17, 15) is 9.18 Å². The predicted octanol–water partition coefficient (Wildman–Crippen LogP) is 4.28. The van der Waals surface area contributed by atoms with E-state index in [0.717, 1.165) is 0 Å². The van der Waals surface area contributed by atoms with E-state index in [1.807, 2.05) is 6.07 Å². The SMILES string of the molecule is N#Cc1cccnc1Oc1ccc(CC(=O)Nc2nc(Br)cs2)cc1F. The Balaban J connectivity index is 1.69. The topological polar surface area (TPSA) is 87.9 Å². The number of anilines is 1. The summed E-state index contributed by atoms with van der Waals surface area (Å²) in [4.78, 5) is 20.0. The summed E-state index contributed by atoms with van der Waals surface area (Å²) >= 11 is 4.48. The number of ether oxygens (including phenoxy) is 1. The molecule has 0 aliphatic carbocycles. The molecule has 3 rings (SSSR count). The number of rotatable bonds is 5. The number of halogens is 2. The van der Waals surface area contributed by atoms with Crippen molar-refractivity contribution in [3.8, 4) is 17.7 Å². The monoisotopic (exact) mass is 432 g/mol. The van der Waals surface area contributed by atoms with Crippen LogP contribution in [-0.2, 0) is 11.2 Å². The molecule has 0 unspecified atom stereocenters. The third-order valence-electron chi connectivity index (χ3n) is 3.18. The van der Waals surface area contributed by atoms with Gasteiger partial charge in [-0.05, 0) is 45.8 Å². The first-order valence-corrected chi connectivity index (χ1v) is 8.94. The van der Waals surface area contributed by atoms with E-state index in [4.69, 9.17) is 10.00 Å². The number of nitriles is 1. The molecule has 0 aliphatic rings.